The van der Waals surface area contributed by atoms with Crippen LogP contribution in [0.4, 0.5) is 4.39 Å². The van der Waals surface area contributed by atoms with E-state index >= 15 is 0 Å². The standard InChI is InChI=1S/C14H15FN2O3/c1-2-11-14(20)16-12(18)8-17(11)13(19)7-9-4-3-5-10(15)6-9/h3-6,11H,2,7-8H2,1H3,(H,16,18,20). The fourth-order valence-electron chi connectivity index (χ4n) is 2.26. The molecule has 106 valence electrons. The minimum absolute atomic E-state index is 0.0329. The van der Waals surface area contributed by atoms with Gasteiger partial charge in [0.1, 0.15) is 18.4 Å². The molecule has 1 aliphatic rings. The van der Waals surface area contributed by atoms with Crippen LogP contribution in [0.15, 0.2) is 24.3 Å². The van der Waals surface area contributed by atoms with Gasteiger partial charge in [0.25, 0.3) is 0 Å². The quantitative estimate of drug-likeness (QED) is 0.825. The van der Waals surface area contributed by atoms with Gasteiger partial charge < -0.3 is 4.90 Å². The van der Waals surface area contributed by atoms with Gasteiger partial charge in [-0.15, -0.1) is 0 Å². The second kappa shape index (κ2) is 5.81. The van der Waals surface area contributed by atoms with E-state index in [1.807, 2.05) is 0 Å². The van der Waals surface area contributed by atoms with Crippen LogP contribution in [0.1, 0.15) is 18.9 Å². The second-order valence-corrected chi connectivity index (χ2v) is 4.66. The van der Waals surface area contributed by atoms with Crippen molar-refractivity contribution in [2.24, 2.45) is 0 Å². The third-order valence-electron chi connectivity index (χ3n) is 3.21. The van der Waals surface area contributed by atoms with Gasteiger partial charge in [-0.25, -0.2) is 4.39 Å². The Morgan fingerprint density at radius 1 is 1.45 bits per heavy atom. The summed E-state index contributed by atoms with van der Waals surface area (Å²) in [5, 5.41) is 2.21. The van der Waals surface area contributed by atoms with E-state index in [2.05, 4.69) is 5.32 Å². The number of hydrogen-bond donors (Lipinski definition) is 1. The number of rotatable bonds is 3. The zero-order valence-corrected chi connectivity index (χ0v) is 11.1. The molecule has 1 fully saturated rings. The summed E-state index contributed by atoms with van der Waals surface area (Å²) in [6.07, 6.45) is 0.392. The molecule has 1 heterocycles. The van der Waals surface area contributed by atoms with E-state index < -0.39 is 23.7 Å². The maximum Gasteiger partial charge on any atom is 0.249 e. The Morgan fingerprint density at radius 2 is 2.20 bits per heavy atom. The van der Waals surface area contributed by atoms with Crippen molar-refractivity contribution in [1.82, 2.24) is 10.2 Å². The average Bonchev–Trinajstić information content (AvgIpc) is 2.37. The van der Waals surface area contributed by atoms with Crippen molar-refractivity contribution in [2.45, 2.75) is 25.8 Å². The van der Waals surface area contributed by atoms with Crippen LogP contribution in [0.3, 0.4) is 0 Å². The van der Waals surface area contributed by atoms with Crippen molar-refractivity contribution >= 4 is 17.7 Å². The van der Waals surface area contributed by atoms with E-state index in [9.17, 15) is 18.8 Å². The van der Waals surface area contributed by atoms with Crippen LogP contribution in [0, 0.1) is 5.82 Å². The number of hydrogen-bond acceptors (Lipinski definition) is 3. The highest BCUT2D eigenvalue weighted by molar-refractivity contribution is 6.04. The van der Waals surface area contributed by atoms with Crippen LogP contribution in [0.2, 0.25) is 0 Å². The summed E-state index contributed by atoms with van der Waals surface area (Å²) in [5.74, 6) is -1.73. The molecule has 0 bridgehead atoms. The predicted molar refractivity (Wildman–Crippen MR) is 69.0 cm³/mol. The lowest BCUT2D eigenvalue weighted by Crippen LogP contribution is -2.59. The molecule has 0 spiro atoms. The third kappa shape index (κ3) is 3.01. The van der Waals surface area contributed by atoms with Crippen LogP contribution >= 0.6 is 0 Å². The van der Waals surface area contributed by atoms with E-state index in [-0.39, 0.29) is 18.9 Å². The summed E-state index contributed by atoms with van der Waals surface area (Å²) < 4.78 is 13.1. The van der Waals surface area contributed by atoms with E-state index in [1.165, 1.54) is 23.1 Å². The number of halogens is 1. The number of nitrogens with zero attached hydrogens (tertiary/aromatic N) is 1. The van der Waals surface area contributed by atoms with Gasteiger partial charge in [-0.05, 0) is 24.1 Å². The third-order valence-corrected chi connectivity index (χ3v) is 3.21. The first kappa shape index (κ1) is 14.2. The Bertz CT molecular complexity index is 559. The monoisotopic (exact) mass is 278 g/mol. The van der Waals surface area contributed by atoms with Gasteiger partial charge in [-0.1, -0.05) is 19.1 Å². The highest BCUT2D eigenvalue weighted by atomic mass is 19.1. The van der Waals surface area contributed by atoms with Crippen molar-refractivity contribution in [3.05, 3.63) is 35.6 Å². The molecule has 0 radical (unpaired) electrons. The first-order chi connectivity index (χ1) is 9.51. The Kier molecular flexibility index (Phi) is 4.12. The molecule has 0 aliphatic carbocycles. The van der Waals surface area contributed by atoms with Crippen molar-refractivity contribution in [2.75, 3.05) is 6.54 Å². The van der Waals surface area contributed by atoms with Gasteiger partial charge in [-0.3, -0.25) is 19.7 Å². The minimum Gasteiger partial charge on any atom is -0.321 e. The summed E-state index contributed by atoms with van der Waals surface area (Å²) in [6, 6.07) is 5.07. The lowest BCUT2D eigenvalue weighted by molar-refractivity contribution is -0.149. The maximum absolute atomic E-state index is 13.1. The molecule has 0 saturated carbocycles. The smallest absolute Gasteiger partial charge is 0.249 e. The number of amides is 3. The second-order valence-electron chi connectivity index (χ2n) is 4.66. The summed E-state index contributed by atoms with van der Waals surface area (Å²) in [5.41, 5.74) is 0.517. The van der Waals surface area contributed by atoms with E-state index in [0.717, 1.165) is 0 Å². The van der Waals surface area contributed by atoms with Gasteiger partial charge in [0, 0.05) is 0 Å². The molecule has 1 unspecified atom stereocenters. The van der Waals surface area contributed by atoms with Crippen molar-refractivity contribution in [1.29, 1.82) is 0 Å². The first-order valence-electron chi connectivity index (χ1n) is 6.39. The van der Waals surface area contributed by atoms with Crippen LogP contribution in [-0.2, 0) is 20.8 Å². The van der Waals surface area contributed by atoms with E-state index in [4.69, 9.17) is 0 Å². The number of piperazine rings is 1. The largest absolute Gasteiger partial charge is 0.321 e. The number of carbonyl (C=O) groups excluding carboxylic acids is 3. The first-order valence-corrected chi connectivity index (χ1v) is 6.39. The topological polar surface area (TPSA) is 66.5 Å². The van der Waals surface area contributed by atoms with Gasteiger partial charge in [0.2, 0.25) is 17.7 Å². The normalized spacial score (nSPS) is 18.9. The molecule has 3 amide bonds. The number of nitrogens with one attached hydrogen (secondary N) is 1. The molecular formula is C14H15FN2O3. The highest BCUT2D eigenvalue weighted by Gasteiger charge is 2.35. The molecule has 1 N–H and O–H groups in total. The Labute approximate surface area is 115 Å². The highest BCUT2D eigenvalue weighted by Crippen LogP contribution is 2.13. The molecule has 20 heavy (non-hydrogen) atoms. The zero-order valence-electron chi connectivity index (χ0n) is 11.1. The summed E-state index contributed by atoms with van der Waals surface area (Å²) in [6.45, 7) is 1.63. The predicted octanol–water partition coefficient (Wildman–Crippen LogP) is 0.632. The van der Waals surface area contributed by atoms with Gasteiger partial charge >= 0.3 is 0 Å². The van der Waals surface area contributed by atoms with E-state index in [0.29, 0.717) is 12.0 Å². The van der Waals surface area contributed by atoms with Crippen molar-refractivity contribution in [3.63, 3.8) is 0 Å². The summed E-state index contributed by atoms with van der Waals surface area (Å²) in [7, 11) is 0. The molecule has 1 aromatic carbocycles. The van der Waals surface area contributed by atoms with Crippen molar-refractivity contribution in [3.8, 4) is 0 Å². The fraction of sp³-hybridized carbons (Fsp3) is 0.357. The Morgan fingerprint density at radius 3 is 2.85 bits per heavy atom. The molecular weight excluding hydrogens is 263 g/mol. The maximum atomic E-state index is 13.1. The van der Waals surface area contributed by atoms with Crippen LogP contribution in [0.25, 0.3) is 0 Å². The Hall–Kier alpha value is -2.24. The van der Waals surface area contributed by atoms with Gasteiger partial charge in [-0.2, -0.15) is 0 Å². The summed E-state index contributed by atoms with van der Waals surface area (Å²) in [4.78, 5) is 36.5. The van der Waals surface area contributed by atoms with E-state index in [1.54, 1.807) is 13.0 Å². The SMILES string of the molecule is CCC1C(=O)NC(=O)CN1C(=O)Cc1cccc(F)c1. The number of imide groups is 1. The van der Waals surface area contributed by atoms with Gasteiger partial charge in [0.15, 0.2) is 0 Å². The minimum atomic E-state index is -0.645. The van der Waals surface area contributed by atoms with Gasteiger partial charge in [0.05, 0.1) is 6.42 Å². The summed E-state index contributed by atoms with van der Waals surface area (Å²) >= 11 is 0. The molecule has 1 atom stereocenters. The molecule has 6 heteroatoms. The number of carbonyl (C=O) groups is 3. The molecule has 2 rings (SSSR count). The molecule has 1 aromatic rings. The molecule has 1 aliphatic heterocycles. The van der Waals surface area contributed by atoms with Crippen LogP contribution in [-0.4, -0.2) is 35.2 Å². The fourth-order valence-corrected chi connectivity index (χ4v) is 2.26. The lowest BCUT2D eigenvalue weighted by atomic mass is 10.1. The number of benzene rings is 1. The van der Waals surface area contributed by atoms with Crippen molar-refractivity contribution < 1.29 is 18.8 Å². The average molecular weight is 278 g/mol. The lowest BCUT2D eigenvalue weighted by Gasteiger charge is -2.33. The molecule has 0 aromatic heterocycles. The zero-order chi connectivity index (χ0) is 14.7. The van der Waals surface area contributed by atoms with Crippen LogP contribution < -0.4 is 5.32 Å². The molecule has 5 nitrogen and oxygen atoms in total. The molecule has 1 saturated heterocycles. The van der Waals surface area contributed by atoms with Crippen LogP contribution in [0.5, 0.6) is 0 Å². The Balaban J connectivity index is 2.14.